The summed E-state index contributed by atoms with van der Waals surface area (Å²) in [4.78, 5) is 25.6. The molecule has 2 rings (SSSR count). The number of hydrogen-bond acceptors (Lipinski definition) is 2. The highest BCUT2D eigenvalue weighted by Gasteiger charge is 2.40. The van der Waals surface area contributed by atoms with Gasteiger partial charge in [-0.2, -0.15) is 0 Å². The lowest BCUT2D eigenvalue weighted by Gasteiger charge is -2.39. The Balaban J connectivity index is 2.18. The number of halogens is 1. The maximum atomic E-state index is 14.0. The number of benzene rings is 1. The Labute approximate surface area is 129 Å². The zero-order valence-corrected chi connectivity index (χ0v) is 13.2. The predicted octanol–water partition coefficient (Wildman–Crippen LogP) is 2.67. The van der Waals surface area contributed by atoms with Crippen LogP contribution >= 0.6 is 0 Å². The molecule has 1 aromatic rings. The number of carbonyl (C=O) groups excluding carboxylic acids is 1. The molecule has 1 N–H and O–H groups in total. The SMILES string of the molecule is CC1CN(C(=O)C(C)(C)c2ccccc2F)CCC1C(=O)O. The van der Waals surface area contributed by atoms with Crippen LogP contribution in [-0.2, 0) is 15.0 Å². The van der Waals surface area contributed by atoms with Crippen LogP contribution in [0.1, 0.15) is 32.8 Å². The molecular formula is C17H22FNO3. The van der Waals surface area contributed by atoms with E-state index < -0.39 is 23.1 Å². The minimum Gasteiger partial charge on any atom is -0.481 e. The highest BCUT2D eigenvalue weighted by atomic mass is 19.1. The van der Waals surface area contributed by atoms with Crippen LogP contribution in [0.3, 0.4) is 0 Å². The van der Waals surface area contributed by atoms with Gasteiger partial charge in [-0.1, -0.05) is 25.1 Å². The van der Waals surface area contributed by atoms with Crippen LogP contribution in [0.15, 0.2) is 24.3 Å². The van der Waals surface area contributed by atoms with E-state index in [9.17, 15) is 14.0 Å². The molecule has 1 aliphatic heterocycles. The lowest BCUT2D eigenvalue weighted by molar-refractivity contribution is -0.149. The van der Waals surface area contributed by atoms with Crippen molar-refractivity contribution < 1.29 is 19.1 Å². The minimum atomic E-state index is -0.971. The lowest BCUT2D eigenvalue weighted by atomic mass is 9.80. The Bertz CT molecular complexity index is 585. The number of hydrogen-bond donors (Lipinski definition) is 1. The second-order valence-electron chi connectivity index (χ2n) is 6.57. The summed E-state index contributed by atoms with van der Waals surface area (Å²) in [5.41, 5.74) is -0.603. The molecule has 1 fully saturated rings. The monoisotopic (exact) mass is 307 g/mol. The first-order chi connectivity index (χ1) is 10.2. The van der Waals surface area contributed by atoms with E-state index in [1.807, 2.05) is 6.92 Å². The van der Waals surface area contributed by atoms with Crippen LogP contribution in [0.5, 0.6) is 0 Å². The van der Waals surface area contributed by atoms with Gasteiger partial charge < -0.3 is 10.0 Å². The summed E-state index contributed by atoms with van der Waals surface area (Å²) in [7, 11) is 0. The summed E-state index contributed by atoms with van der Waals surface area (Å²) in [5.74, 6) is -1.89. The summed E-state index contributed by atoms with van der Waals surface area (Å²) >= 11 is 0. The van der Waals surface area contributed by atoms with E-state index in [-0.39, 0.29) is 11.8 Å². The summed E-state index contributed by atoms with van der Waals surface area (Å²) < 4.78 is 14.0. The van der Waals surface area contributed by atoms with Crippen molar-refractivity contribution in [2.24, 2.45) is 11.8 Å². The third kappa shape index (κ3) is 2.98. The molecule has 0 aliphatic carbocycles. The van der Waals surface area contributed by atoms with Gasteiger partial charge in [0.15, 0.2) is 0 Å². The van der Waals surface area contributed by atoms with Crippen molar-refractivity contribution in [3.8, 4) is 0 Å². The molecule has 1 heterocycles. The van der Waals surface area contributed by atoms with Gasteiger partial charge in [-0.15, -0.1) is 0 Å². The number of carbonyl (C=O) groups is 2. The molecule has 1 aromatic carbocycles. The number of aliphatic carboxylic acids is 1. The molecule has 0 spiro atoms. The fourth-order valence-electron chi connectivity index (χ4n) is 3.18. The highest BCUT2D eigenvalue weighted by molar-refractivity contribution is 5.87. The molecule has 1 saturated heterocycles. The van der Waals surface area contributed by atoms with Crippen LogP contribution in [0.2, 0.25) is 0 Å². The molecule has 4 nitrogen and oxygen atoms in total. The van der Waals surface area contributed by atoms with Gasteiger partial charge in [-0.25, -0.2) is 4.39 Å². The quantitative estimate of drug-likeness (QED) is 0.934. The average Bonchev–Trinajstić information content (AvgIpc) is 2.46. The van der Waals surface area contributed by atoms with E-state index in [1.165, 1.54) is 6.07 Å². The highest BCUT2D eigenvalue weighted by Crippen LogP contribution is 2.31. The Morgan fingerprint density at radius 2 is 1.95 bits per heavy atom. The largest absolute Gasteiger partial charge is 0.481 e. The van der Waals surface area contributed by atoms with Gasteiger partial charge in [0, 0.05) is 18.7 Å². The Morgan fingerprint density at radius 3 is 2.50 bits per heavy atom. The third-order valence-corrected chi connectivity index (χ3v) is 4.59. The van der Waals surface area contributed by atoms with Crippen LogP contribution < -0.4 is 0 Å². The van der Waals surface area contributed by atoms with E-state index in [0.29, 0.717) is 25.1 Å². The van der Waals surface area contributed by atoms with Crippen molar-refractivity contribution in [1.29, 1.82) is 0 Å². The minimum absolute atomic E-state index is 0.105. The second-order valence-corrected chi connectivity index (χ2v) is 6.57. The van der Waals surface area contributed by atoms with Gasteiger partial charge in [-0.3, -0.25) is 9.59 Å². The van der Waals surface area contributed by atoms with Crippen molar-refractivity contribution in [2.75, 3.05) is 13.1 Å². The van der Waals surface area contributed by atoms with Gasteiger partial charge in [0.2, 0.25) is 5.91 Å². The average molecular weight is 307 g/mol. The maximum absolute atomic E-state index is 14.0. The first-order valence-electron chi connectivity index (χ1n) is 7.52. The van der Waals surface area contributed by atoms with Gasteiger partial charge in [0.1, 0.15) is 5.82 Å². The lowest BCUT2D eigenvalue weighted by Crippen LogP contribution is -2.50. The molecule has 2 unspecified atom stereocenters. The molecule has 0 bridgehead atoms. The van der Waals surface area contributed by atoms with E-state index in [0.717, 1.165) is 0 Å². The van der Waals surface area contributed by atoms with Crippen molar-refractivity contribution in [1.82, 2.24) is 4.90 Å². The van der Waals surface area contributed by atoms with Crippen molar-refractivity contribution in [2.45, 2.75) is 32.6 Å². The second kappa shape index (κ2) is 6.07. The van der Waals surface area contributed by atoms with Crippen LogP contribution in [-0.4, -0.2) is 35.0 Å². The number of rotatable bonds is 3. The summed E-state index contributed by atoms with van der Waals surface area (Å²) in [6, 6.07) is 6.29. The number of carboxylic acid groups (broad SMARTS) is 1. The number of carboxylic acids is 1. The molecule has 22 heavy (non-hydrogen) atoms. The molecule has 1 aliphatic rings. The standard InChI is InChI=1S/C17H22FNO3/c1-11-10-19(9-8-12(11)15(20)21)16(22)17(2,3)13-6-4-5-7-14(13)18/h4-7,11-12H,8-10H2,1-3H3,(H,20,21). The molecule has 120 valence electrons. The number of nitrogens with zero attached hydrogens (tertiary/aromatic N) is 1. The van der Waals surface area contributed by atoms with Gasteiger partial charge in [0.05, 0.1) is 11.3 Å². The molecule has 1 amide bonds. The van der Waals surface area contributed by atoms with Crippen LogP contribution in [0.25, 0.3) is 0 Å². The first-order valence-corrected chi connectivity index (χ1v) is 7.52. The predicted molar refractivity (Wildman–Crippen MR) is 80.9 cm³/mol. The Kier molecular flexibility index (Phi) is 4.54. The smallest absolute Gasteiger partial charge is 0.306 e. The summed E-state index contributed by atoms with van der Waals surface area (Å²) in [5, 5.41) is 9.15. The van der Waals surface area contributed by atoms with Crippen molar-refractivity contribution >= 4 is 11.9 Å². The van der Waals surface area contributed by atoms with Crippen molar-refractivity contribution in [3.63, 3.8) is 0 Å². The summed E-state index contributed by atoms with van der Waals surface area (Å²) in [6.45, 7) is 6.06. The van der Waals surface area contributed by atoms with E-state index in [4.69, 9.17) is 5.11 Å². The number of piperidine rings is 1. The van der Waals surface area contributed by atoms with E-state index >= 15 is 0 Å². The fraction of sp³-hybridized carbons (Fsp3) is 0.529. The third-order valence-electron chi connectivity index (χ3n) is 4.59. The number of likely N-dealkylation sites (tertiary alicyclic amines) is 1. The normalized spacial score (nSPS) is 22.5. The molecule has 0 radical (unpaired) electrons. The molecule has 0 saturated carbocycles. The Hall–Kier alpha value is -1.91. The van der Waals surface area contributed by atoms with Crippen LogP contribution in [0, 0.1) is 17.7 Å². The van der Waals surface area contributed by atoms with Gasteiger partial charge in [0.25, 0.3) is 0 Å². The van der Waals surface area contributed by atoms with E-state index in [2.05, 4.69) is 0 Å². The van der Waals surface area contributed by atoms with Crippen LogP contribution in [0.4, 0.5) is 4.39 Å². The number of amides is 1. The molecule has 0 aromatic heterocycles. The first kappa shape index (κ1) is 16.5. The summed E-state index contributed by atoms with van der Waals surface area (Å²) in [6.07, 6.45) is 0.440. The zero-order valence-electron chi connectivity index (χ0n) is 13.2. The van der Waals surface area contributed by atoms with E-state index in [1.54, 1.807) is 36.9 Å². The van der Waals surface area contributed by atoms with Gasteiger partial charge in [-0.05, 0) is 32.3 Å². The topological polar surface area (TPSA) is 57.6 Å². The van der Waals surface area contributed by atoms with Gasteiger partial charge >= 0.3 is 5.97 Å². The fourth-order valence-corrected chi connectivity index (χ4v) is 3.18. The molecule has 5 heteroatoms. The molecule has 2 atom stereocenters. The van der Waals surface area contributed by atoms with Crippen molar-refractivity contribution in [3.05, 3.63) is 35.6 Å². The zero-order chi connectivity index (χ0) is 16.5. The molecular weight excluding hydrogens is 285 g/mol. The maximum Gasteiger partial charge on any atom is 0.306 e. The Morgan fingerprint density at radius 1 is 1.32 bits per heavy atom.